The van der Waals surface area contributed by atoms with Crippen LogP contribution in [0.4, 0.5) is 5.69 Å². The molecule has 0 atom stereocenters. The van der Waals surface area contributed by atoms with Crippen molar-refractivity contribution in [2.75, 3.05) is 0 Å². The van der Waals surface area contributed by atoms with Gasteiger partial charge in [-0.2, -0.15) is 10.5 Å². The lowest BCUT2D eigenvalue weighted by Gasteiger charge is -2.12. The predicted molar refractivity (Wildman–Crippen MR) is 118 cm³/mol. The Morgan fingerprint density at radius 3 is 1.13 bits per heavy atom. The van der Waals surface area contributed by atoms with Gasteiger partial charge in [0.15, 0.2) is 5.69 Å². The van der Waals surface area contributed by atoms with Gasteiger partial charge in [-0.3, -0.25) is 0 Å². The highest BCUT2D eigenvalue weighted by molar-refractivity contribution is 5.81. The van der Waals surface area contributed by atoms with Gasteiger partial charge in [0.25, 0.3) is 0 Å². The normalized spacial score (nSPS) is 9.90. The first-order valence-electron chi connectivity index (χ1n) is 9.34. The van der Waals surface area contributed by atoms with E-state index in [4.69, 9.17) is 17.1 Å². The molecule has 0 aliphatic carbocycles. The Labute approximate surface area is 175 Å². The van der Waals surface area contributed by atoms with Gasteiger partial charge in [-0.25, -0.2) is 4.85 Å². The minimum Gasteiger partial charge on any atom is -0.238 e. The van der Waals surface area contributed by atoms with E-state index in [1.807, 2.05) is 72.8 Å². The smallest absolute Gasteiger partial charge is 0.187 e. The van der Waals surface area contributed by atoms with Gasteiger partial charge in [-0.15, -0.1) is 0 Å². The Morgan fingerprint density at radius 1 is 0.500 bits per heavy atom. The summed E-state index contributed by atoms with van der Waals surface area (Å²) in [4.78, 5) is 3.47. The third-order valence-electron chi connectivity index (χ3n) is 4.96. The van der Waals surface area contributed by atoms with Crippen molar-refractivity contribution in [2.45, 2.75) is 0 Å². The minimum absolute atomic E-state index is 0.606. The first-order chi connectivity index (χ1) is 14.7. The zero-order valence-corrected chi connectivity index (χ0v) is 16.0. The molecular formula is C27H15N3. The molecule has 138 valence electrons. The molecule has 0 radical (unpaired) electrons. The maximum atomic E-state index is 9.08. The first kappa shape index (κ1) is 18.7. The molecule has 0 aliphatic rings. The summed E-state index contributed by atoms with van der Waals surface area (Å²) in [5, 5.41) is 18.2. The van der Waals surface area contributed by atoms with E-state index in [1.54, 1.807) is 0 Å². The van der Waals surface area contributed by atoms with Crippen molar-refractivity contribution in [1.82, 2.24) is 0 Å². The zero-order valence-electron chi connectivity index (χ0n) is 16.0. The van der Waals surface area contributed by atoms with E-state index in [0.29, 0.717) is 16.8 Å². The lowest BCUT2D eigenvalue weighted by atomic mass is 9.93. The molecule has 3 heteroatoms. The van der Waals surface area contributed by atoms with Crippen molar-refractivity contribution in [1.29, 1.82) is 10.5 Å². The van der Waals surface area contributed by atoms with E-state index in [2.05, 4.69) is 35.2 Å². The van der Waals surface area contributed by atoms with Crippen LogP contribution in [0.2, 0.25) is 0 Å². The van der Waals surface area contributed by atoms with Crippen LogP contribution in [-0.4, -0.2) is 0 Å². The van der Waals surface area contributed by atoms with Gasteiger partial charge < -0.3 is 0 Å². The molecule has 4 aromatic carbocycles. The number of hydrogen-bond acceptors (Lipinski definition) is 2. The predicted octanol–water partition coefficient (Wildman–Crippen LogP) is 6.98. The van der Waals surface area contributed by atoms with Gasteiger partial charge in [0.2, 0.25) is 0 Å². The van der Waals surface area contributed by atoms with Crippen molar-refractivity contribution in [3.8, 4) is 45.5 Å². The Bertz CT molecular complexity index is 1140. The minimum atomic E-state index is 0.606. The molecule has 0 bridgehead atoms. The fourth-order valence-electron chi connectivity index (χ4n) is 3.33. The Kier molecular flexibility index (Phi) is 5.08. The largest absolute Gasteiger partial charge is 0.238 e. The monoisotopic (exact) mass is 381 g/mol. The first-order valence-corrected chi connectivity index (χ1v) is 9.34. The highest BCUT2D eigenvalue weighted by Gasteiger charge is 2.08. The standard InChI is InChI=1S/C27H15N3/c1-30-27-12-10-23(11-13-27)26-15-24(21-6-2-19(17-28)3-7-21)14-25(16-26)22-8-4-20(18-29)5-9-22/h2-16H. The maximum absolute atomic E-state index is 9.08. The van der Waals surface area contributed by atoms with Crippen LogP contribution in [0.3, 0.4) is 0 Å². The van der Waals surface area contributed by atoms with Crippen LogP contribution >= 0.6 is 0 Å². The second-order valence-corrected chi connectivity index (χ2v) is 6.84. The van der Waals surface area contributed by atoms with E-state index >= 15 is 0 Å². The molecule has 0 N–H and O–H groups in total. The van der Waals surface area contributed by atoms with E-state index < -0.39 is 0 Å². The summed E-state index contributed by atoms with van der Waals surface area (Å²) < 4.78 is 0. The van der Waals surface area contributed by atoms with Crippen LogP contribution in [0.5, 0.6) is 0 Å². The number of rotatable bonds is 3. The second kappa shape index (κ2) is 8.15. The fourth-order valence-corrected chi connectivity index (χ4v) is 3.33. The molecule has 0 saturated heterocycles. The van der Waals surface area contributed by atoms with E-state index in [1.165, 1.54) is 0 Å². The Morgan fingerprint density at radius 2 is 0.833 bits per heavy atom. The number of nitriles is 2. The van der Waals surface area contributed by atoms with Gasteiger partial charge in [0, 0.05) is 0 Å². The summed E-state index contributed by atoms with van der Waals surface area (Å²) in [6, 6.07) is 33.2. The third-order valence-corrected chi connectivity index (χ3v) is 4.96. The molecule has 0 saturated carbocycles. The molecular weight excluding hydrogens is 366 g/mol. The Hall–Kier alpha value is -4.65. The molecule has 0 heterocycles. The van der Waals surface area contributed by atoms with Crippen molar-refractivity contribution < 1.29 is 0 Å². The average Bonchev–Trinajstić information content (AvgIpc) is 2.84. The van der Waals surface area contributed by atoms with Gasteiger partial charge in [0.05, 0.1) is 29.8 Å². The average molecular weight is 381 g/mol. The van der Waals surface area contributed by atoms with E-state index in [0.717, 1.165) is 33.4 Å². The summed E-state index contributed by atoms with van der Waals surface area (Å²) in [6.45, 7) is 7.16. The number of benzene rings is 4. The number of nitrogens with zero attached hydrogens (tertiary/aromatic N) is 3. The van der Waals surface area contributed by atoms with Crippen molar-refractivity contribution in [3.63, 3.8) is 0 Å². The molecule has 30 heavy (non-hydrogen) atoms. The van der Waals surface area contributed by atoms with Crippen LogP contribution in [-0.2, 0) is 0 Å². The van der Waals surface area contributed by atoms with Crippen LogP contribution in [0, 0.1) is 29.2 Å². The molecule has 4 aromatic rings. The fraction of sp³-hybridized carbons (Fsp3) is 0. The molecule has 0 aliphatic heterocycles. The van der Waals surface area contributed by atoms with Crippen LogP contribution < -0.4 is 0 Å². The van der Waals surface area contributed by atoms with Crippen LogP contribution in [0.1, 0.15) is 11.1 Å². The summed E-state index contributed by atoms with van der Waals surface area (Å²) in [7, 11) is 0. The quantitative estimate of drug-likeness (QED) is 0.359. The molecule has 0 fully saturated rings. The van der Waals surface area contributed by atoms with Gasteiger partial charge in [0.1, 0.15) is 0 Å². The van der Waals surface area contributed by atoms with Gasteiger partial charge in [-0.1, -0.05) is 48.5 Å². The maximum Gasteiger partial charge on any atom is 0.187 e. The van der Waals surface area contributed by atoms with Crippen molar-refractivity contribution >= 4 is 5.69 Å². The molecule has 0 aromatic heterocycles. The highest BCUT2D eigenvalue weighted by atomic mass is 14.6. The zero-order chi connectivity index (χ0) is 20.9. The Balaban J connectivity index is 1.87. The summed E-state index contributed by atoms with van der Waals surface area (Å²) in [5.74, 6) is 0. The van der Waals surface area contributed by atoms with Crippen LogP contribution in [0.15, 0.2) is 91.0 Å². The number of hydrogen-bond donors (Lipinski definition) is 0. The molecule has 4 rings (SSSR count). The van der Waals surface area contributed by atoms with E-state index in [-0.39, 0.29) is 0 Å². The summed E-state index contributed by atoms with van der Waals surface area (Å²) in [5.41, 5.74) is 8.01. The molecule has 0 amide bonds. The highest BCUT2D eigenvalue weighted by Crippen LogP contribution is 2.33. The van der Waals surface area contributed by atoms with Gasteiger partial charge in [-0.05, 0) is 75.8 Å². The summed E-state index contributed by atoms with van der Waals surface area (Å²) in [6.07, 6.45) is 0. The van der Waals surface area contributed by atoms with E-state index in [9.17, 15) is 0 Å². The molecule has 0 spiro atoms. The van der Waals surface area contributed by atoms with Crippen LogP contribution in [0.25, 0.3) is 38.2 Å². The lowest BCUT2D eigenvalue weighted by molar-refractivity contribution is 1.48. The SMILES string of the molecule is [C-]#[N+]c1ccc(-c2cc(-c3ccc(C#N)cc3)cc(-c3ccc(C#N)cc3)c2)cc1. The second-order valence-electron chi connectivity index (χ2n) is 6.84. The van der Waals surface area contributed by atoms with Crippen molar-refractivity contribution in [3.05, 3.63) is 114 Å². The summed E-state index contributed by atoms with van der Waals surface area (Å²) >= 11 is 0. The van der Waals surface area contributed by atoms with Crippen molar-refractivity contribution in [2.24, 2.45) is 0 Å². The van der Waals surface area contributed by atoms with Gasteiger partial charge >= 0.3 is 0 Å². The molecule has 3 nitrogen and oxygen atoms in total. The lowest BCUT2D eigenvalue weighted by Crippen LogP contribution is -1.87. The molecule has 0 unspecified atom stereocenters. The topological polar surface area (TPSA) is 51.9 Å². The third kappa shape index (κ3) is 3.81.